The number of para-hydroxylation sites is 1. The van der Waals surface area contributed by atoms with Gasteiger partial charge in [-0.3, -0.25) is 0 Å². The zero-order valence-corrected chi connectivity index (χ0v) is 11.1. The molecule has 1 aromatic rings. The average molecular weight is 233 g/mol. The lowest BCUT2D eigenvalue weighted by Crippen LogP contribution is -2.33. The molecule has 0 spiro atoms. The van der Waals surface area contributed by atoms with Crippen LogP contribution in [-0.4, -0.2) is 18.7 Å². The van der Waals surface area contributed by atoms with Crippen molar-refractivity contribution < 1.29 is 4.74 Å². The Morgan fingerprint density at radius 2 is 2.00 bits per heavy atom. The minimum Gasteiger partial charge on any atom is -0.486 e. The zero-order chi connectivity index (χ0) is 12.3. The normalized spacial score (nSPS) is 17.2. The predicted octanol–water partition coefficient (Wildman–Crippen LogP) is 3.33. The first-order chi connectivity index (χ1) is 8.17. The van der Waals surface area contributed by atoms with Crippen molar-refractivity contribution in [2.24, 2.45) is 0 Å². The Balaban J connectivity index is 2.08. The molecule has 1 N–H and O–H groups in total. The van der Waals surface area contributed by atoms with Gasteiger partial charge in [-0.1, -0.05) is 39.0 Å². The quantitative estimate of drug-likeness (QED) is 0.813. The molecule has 17 heavy (non-hydrogen) atoms. The lowest BCUT2D eigenvalue weighted by Gasteiger charge is -2.21. The number of rotatable bonds is 6. The van der Waals surface area contributed by atoms with Crippen LogP contribution in [-0.2, 0) is 0 Å². The fourth-order valence-electron chi connectivity index (χ4n) is 2.09. The minimum absolute atomic E-state index is 0.0704. The summed E-state index contributed by atoms with van der Waals surface area (Å²) < 4.78 is 6.24. The fraction of sp³-hybridized carbons (Fsp3) is 0.600. The summed E-state index contributed by atoms with van der Waals surface area (Å²) in [6.07, 6.45) is 2.35. The molecule has 2 heteroatoms. The van der Waals surface area contributed by atoms with E-state index in [9.17, 15) is 0 Å². The van der Waals surface area contributed by atoms with Crippen molar-refractivity contribution >= 4 is 0 Å². The number of nitrogens with one attached hydrogen (secondary N) is 1. The van der Waals surface area contributed by atoms with Crippen LogP contribution in [0.15, 0.2) is 24.3 Å². The van der Waals surface area contributed by atoms with Crippen molar-refractivity contribution in [1.82, 2.24) is 5.32 Å². The molecule has 1 fully saturated rings. The van der Waals surface area contributed by atoms with Gasteiger partial charge in [-0.2, -0.15) is 0 Å². The third-order valence-electron chi connectivity index (χ3n) is 3.37. The van der Waals surface area contributed by atoms with Gasteiger partial charge < -0.3 is 10.1 Å². The van der Waals surface area contributed by atoms with Crippen LogP contribution in [0.2, 0.25) is 0 Å². The molecule has 0 unspecified atom stereocenters. The van der Waals surface area contributed by atoms with Crippen LogP contribution < -0.4 is 10.1 Å². The molecule has 2 nitrogen and oxygen atoms in total. The van der Waals surface area contributed by atoms with Gasteiger partial charge in [0, 0.05) is 6.54 Å². The molecule has 1 saturated carbocycles. The van der Waals surface area contributed by atoms with Gasteiger partial charge >= 0.3 is 0 Å². The molecule has 94 valence electrons. The van der Waals surface area contributed by atoms with Crippen molar-refractivity contribution in [1.29, 1.82) is 0 Å². The van der Waals surface area contributed by atoms with Crippen molar-refractivity contribution in [3.63, 3.8) is 0 Å². The van der Waals surface area contributed by atoms with Gasteiger partial charge in [0.1, 0.15) is 11.4 Å². The van der Waals surface area contributed by atoms with E-state index in [1.165, 1.54) is 18.4 Å². The van der Waals surface area contributed by atoms with E-state index in [4.69, 9.17) is 4.74 Å². The van der Waals surface area contributed by atoms with Crippen molar-refractivity contribution in [2.45, 2.75) is 45.1 Å². The topological polar surface area (TPSA) is 21.3 Å². The molecule has 0 amide bonds. The molecule has 1 aliphatic carbocycles. The standard InChI is InChI=1S/C15H23NO/c1-4-16-11-15(9-10-15)17-14-8-6-5-7-13(14)12(2)3/h5-8,12,16H,4,9-11H2,1-3H3. The first-order valence-electron chi connectivity index (χ1n) is 6.65. The molecule has 1 aliphatic rings. The molecule has 1 aromatic carbocycles. The second-order valence-corrected chi connectivity index (χ2v) is 5.26. The van der Waals surface area contributed by atoms with Gasteiger partial charge in [-0.25, -0.2) is 0 Å². The van der Waals surface area contributed by atoms with Crippen molar-refractivity contribution in [3.8, 4) is 5.75 Å². The summed E-state index contributed by atoms with van der Waals surface area (Å²) in [7, 11) is 0. The minimum atomic E-state index is 0.0704. The van der Waals surface area contributed by atoms with Gasteiger partial charge in [-0.05, 0) is 36.9 Å². The summed E-state index contributed by atoms with van der Waals surface area (Å²) in [6.45, 7) is 8.54. The summed E-state index contributed by atoms with van der Waals surface area (Å²) >= 11 is 0. The number of hydrogen-bond donors (Lipinski definition) is 1. The Kier molecular flexibility index (Phi) is 3.72. The van der Waals surface area contributed by atoms with Crippen LogP contribution in [0.25, 0.3) is 0 Å². The summed E-state index contributed by atoms with van der Waals surface area (Å²) in [6, 6.07) is 8.42. The number of likely N-dealkylation sites (N-methyl/N-ethyl adjacent to an activating group) is 1. The molecule has 0 saturated heterocycles. The predicted molar refractivity (Wildman–Crippen MR) is 71.7 cm³/mol. The van der Waals surface area contributed by atoms with E-state index < -0.39 is 0 Å². The number of benzene rings is 1. The van der Waals surface area contributed by atoms with Crippen LogP contribution in [0.4, 0.5) is 0 Å². The highest BCUT2D eigenvalue weighted by atomic mass is 16.5. The lowest BCUT2D eigenvalue weighted by molar-refractivity contribution is 0.174. The molecular weight excluding hydrogens is 210 g/mol. The highest BCUT2D eigenvalue weighted by Gasteiger charge is 2.45. The van der Waals surface area contributed by atoms with E-state index in [1.807, 2.05) is 0 Å². The number of ether oxygens (including phenoxy) is 1. The lowest BCUT2D eigenvalue weighted by atomic mass is 10.0. The first kappa shape index (κ1) is 12.4. The van der Waals surface area contributed by atoms with E-state index in [2.05, 4.69) is 50.4 Å². The second-order valence-electron chi connectivity index (χ2n) is 5.26. The molecule has 0 bridgehead atoms. The molecule has 0 aliphatic heterocycles. The Morgan fingerprint density at radius 1 is 1.29 bits per heavy atom. The van der Waals surface area contributed by atoms with Crippen LogP contribution in [0.1, 0.15) is 45.1 Å². The fourth-order valence-corrected chi connectivity index (χ4v) is 2.09. The first-order valence-corrected chi connectivity index (χ1v) is 6.65. The maximum Gasteiger partial charge on any atom is 0.123 e. The Bertz CT molecular complexity index is 369. The van der Waals surface area contributed by atoms with Gasteiger partial charge in [0.2, 0.25) is 0 Å². The van der Waals surface area contributed by atoms with Gasteiger partial charge in [0.05, 0.1) is 0 Å². The Hall–Kier alpha value is -1.02. The van der Waals surface area contributed by atoms with Crippen LogP contribution in [0, 0.1) is 0 Å². The van der Waals surface area contributed by atoms with Crippen LogP contribution in [0.5, 0.6) is 5.75 Å². The third kappa shape index (κ3) is 3.01. The summed E-state index contributed by atoms with van der Waals surface area (Å²) in [5.41, 5.74) is 1.39. The smallest absolute Gasteiger partial charge is 0.123 e. The van der Waals surface area contributed by atoms with Gasteiger partial charge in [-0.15, -0.1) is 0 Å². The monoisotopic (exact) mass is 233 g/mol. The largest absolute Gasteiger partial charge is 0.486 e. The maximum atomic E-state index is 6.24. The molecule has 0 atom stereocenters. The summed E-state index contributed by atoms with van der Waals surface area (Å²) in [5, 5.41) is 3.39. The van der Waals surface area contributed by atoms with E-state index in [1.54, 1.807) is 0 Å². The average Bonchev–Trinajstić information content (AvgIpc) is 3.07. The summed E-state index contributed by atoms with van der Waals surface area (Å²) in [5.74, 6) is 1.58. The van der Waals surface area contributed by atoms with Gasteiger partial charge in [0.25, 0.3) is 0 Å². The maximum absolute atomic E-state index is 6.24. The molecule has 2 rings (SSSR count). The SMILES string of the molecule is CCNCC1(Oc2ccccc2C(C)C)CC1. The summed E-state index contributed by atoms with van der Waals surface area (Å²) in [4.78, 5) is 0. The van der Waals surface area contributed by atoms with E-state index in [-0.39, 0.29) is 5.60 Å². The van der Waals surface area contributed by atoms with Crippen LogP contribution >= 0.6 is 0 Å². The van der Waals surface area contributed by atoms with E-state index in [0.717, 1.165) is 18.8 Å². The van der Waals surface area contributed by atoms with E-state index in [0.29, 0.717) is 5.92 Å². The Labute approximate surface area is 104 Å². The number of hydrogen-bond acceptors (Lipinski definition) is 2. The third-order valence-corrected chi connectivity index (χ3v) is 3.37. The van der Waals surface area contributed by atoms with E-state index >= 15 is 0 Å². The van der Waals surface area contributed by atoms with Gasteiger partial charge in [0.15, 0.2) is 0 Å². The molecular formula is C15H23NO. The zero-order valence-electron chi connectivity index (χ0n) is 11.1. The van der Waals surface area contributed by atoms with Crippen LogP contribution in [0.3, 0.4) is 0 Å². The molecule has 0 heterocycles. The second kappa shape index (κ2) is 5.09. The van der Waals surface area contributed by atoms with Crippen molar-refractivity contribution in [2.75, 3.05) is 13.1 Å². The Morgan fingerprint density at radius 3 is 2.59 bits per heavy atom. The van der Waals surface area contributed by atoms with Crippen molar-refractivity contribution in [3.05, 3.63) is 29.8 Å². The highest BCUT2D eigenvalue weighted by molar-refractivity contribution is 5.36. The molecule has 0 radical (unpaired) electrons. The highest BCUT2D eigenvalue weighted by Crippen LogP contribution is 2.41. The molecule has 0 aromatic heterocycles.